The lowest BCUT2D eigenvalue weighted by Gasteiger charge is -2.33. The molecule has 0 saturated carbocycles. The van der Waals surface area contributed by atoms with Crippen LogP contribution in [0.25, 0.3) is 44.5 Å². The minimum atomic E-state index is -1.23. The zero-order valence-corrected chi connectivity index (χ0v) is 44.4. The highest BCUT2D eigenvalue weighted by molar-refractivity contribution is 5.86. The minimum Gasteiger partial charge on any atom is -0.457 e. The largest absolute Gasteiger partial charge is 0.457 e. The van der Waals surface area contributed by atoms with Crippen LogP contribution in [0, 0.1) is 0 Å². The van der Waals surface area contributed by atoms with Gasteiger partial charge in [-0.15, -0.1) is 0 Å². The quantitative estimate of drug-likeness (QED) is 0.128. The summed E-state index contributed by atoms with van der Waals surface area (Å²) in [6, 6.07) is 80.4. The standard InChI is InChI=1S/C38H26O3.C38H30O2/c39-37(33-13-5-1-9-29(33)30-10-2-6-14-34(30)37)25-17-21-27(22-18-25)41-28-23-19-26(20-24-28)38(40)35-15-7-3-11-31(35)32-12-4-8-16-36(32)38;39-37(33-13-5-1-9-29(33)30-10-2-6-14-34(30)37)27-21-17-25(18-22-27)26-19-23-28(24-20-26)38(40)35-15-7-3-11-31(35)32-12-4-8-16-36(32)38/h1-24,39-40H;1-17,19,21,23,39-40H,18,20,22,24H2. The number of rotatable bonds is 7. The van der Waals surface area contributed by atoms with Crippen molar-refractivity contribution < 1.29 is 25.2 Å². The molecule has 0 amide bonds. The topological polar surface area (TPSA) is 90.2 Å². The summed E-state index contributed by atoms with van der Waals surface area (Å²) in [5, 5.41) is 48.6. The van der Waals surface area contributed by atoms with Crippen LogP contribution < -0.4 is 4.74 Å². The Kier molecular flexibility index (Phi) is 11.3. The lowest BCUT2D eigenvalue weighted by atomic mass is 9.76. The van der Waals surface area contributed by atoms with E-state index in [0.29, 0.717) is 11.5 Å². The van der Waals surface area contributed by atoms with Crippen LogP contribution in [-0.4, -0.2) is 20.4 Å². The summed E-state index contributed by atoms with van der Waals surface area (Å²) in [5.74, 6) is 1.33. The van der Waals surface area contributed by atoms with E-state index in [0.717, 1.165) is 137 Å². The Hall–Kier alpha value is -9.20. The second-order valence-corrected chi connectivity index (χ2v) is 22.1. The molecule has 0 fully saturated rings. The maximum absolute atomic E-state index is 12.2. The van der Waals surface area contributed by atoms with Crippen molar-refractivity contribution in [3.05, 3.63) is 345 Å². The Balaban J connectivity index is 0.000000139. The fourth-order valence-corrected chi connectivity index (χ4v) is 14.2. The Bertz CT molecular complexity index is 3860. The Morgan fingerprint density at radius 1 is 0.235 bits per heavy atom. The van der Waals surface area contributed by atoms with Crippen molar-refractivity contribution in [1.29, 1.82) is 0 Å². The molecule has 0 spiro atoms. The van der Waals surface area contributed by atoms with E-state index in [2.05, 4.69) is 97.1 Å². The van der Waals surface area contributed by atoms with Crippen molar-refractivity contribution in [1.82, 2.24) is 0 Å². The predicted molar refractivity (Wildman–Crippen MR) is 321 cm³/mol. The molecule has 0 saturated heterocycles. The number of benzene rings is 10. The van der Waals surface area contributed by atoms with Crippen LogP contribution in [0.15, 0.2) is 289 Å². The molecule has 5 heteroatoms. The van der Waals surface area contributed by atoms with Crippen molar-refractivity contribution >= 4 is 0 Å². The van der Waals surface area contributed by atoms with Crippen LogP contribution in [0.2, 0.25) is 0 Å². The molecule has 10 aromatic rings. The molecule has 6 aliphatic carbocycles. The number of hydrogen-bond acceptors (Lipinski definition) is 5. The van der Waals surface area contributed by atoms with Crippen LogP contribution >= 0.6 is 0 Å². The first kappa shape index (κ1) is 48.9. The van der Waals surface area contributed by atoms with E-state index in [1.165, 1.54) is 11.1 Å². The molecule has 4 N–H and O–H groups in total. The third-order valence-corrected chi connectivity index (χ3v) is 18.1. The third kappa shape index (κ3) is 7.26. The molecule has 6 aliphatic rings. The van der Waals surface area contributed by atoms with Gasteiger partial charge >= 0.3 is 0 Å². The van der Waals surface area contributed by atoms with E-state index in [-0.39, 0.29) is 0 Å². The summed E-state index contributed by atoms with van der Waals surface area (Å²) >= 11 is 0. The molecule has 16 rings (SSSR count). The van der Waals surface area contributed by atoms with Gasteiger partial charge in [-0.25, -0.2) is 0 Å². The number of aliphatic hydroxyl groups is 4. The average Bonchev–Trinajstić information content (AvgIpc) is 4.05. The van der Waals surface area contributed by atoms with Gasteiger partial charge in [0.2, 0.25) is 0 Å². The number of hydrogen-bond donors (Lipinski definition) is 4. The van der Waals surface area contributed by atoms with Gasteiger partial charge < -0.3 is 25.2 Å². The molecule has 0 unspecified atom stereocenters. The molecular formula is C76H56O5. The first-order chi connectivity index (χ1) is 39.7. The van der Waals surface area contributed by atoms with Crippen molar-refractivity contribution in [2.75, 3.05) is 0 Å². The summed E-state index contributed by atoms with van der Waals surface area (Å²) in [7, 11) is 0. The fourth-order valence-electron chi connectivity index (χ4n) is 14.2. The molecule has 10 aromatic carbocycles. The van der Waals surface area contributed by atoms with Crippen LogP contribution in [0.3, 0.4) is 0 Å². The lowest BCUT2D eigenvalue weighted by Crippen LogP contribution is -2.29. The molecule has 5 nitrogen and oxygen atoms in total. The van der Waals surface area contributed by atoms with Gasteiger partial charge in [0.25, 0.3) is 0 Å². The molecule has 390 valence electrons. The normalized spacial score (nSPS) is 17.1. The van der Waals surface area contributed by atoms with Crippen molar-refractivity contribution in [2.45, 2.75) is 48.1 Å². The molecule has 0 radical (unpaired) electrons. The molecule has 0 heterocycles. The highest BCUT2D eigenvalue weighted by Crippen LogP contribution is 2.56. The van der Waals surface area contributed by atoms with Crippen molar-refractivity contribution in [3.8, 4) is 56.0 Å². The highest BCUT2D eigenvalue weighted by Gasteiger charge is 2.47. The third-order valence-electron chi connectivity index (χ3n) is 18.1. The lowest BCUT2D eigenvalue weighted by molar-refractivity contribution is 0.121. The Morgan fingerprint density at radius 3 is 0.679 bits per heavy atom. The first-order valence-corrected chi connectivity index (χ1v) is 28.0. The van der Waals surface area contributed by atoms with Gasteiger partial charge in [0.05, 0.1) is 0 Å². The Labute approximate surface area is 471 Å². The predicted octanol–water partition coefficient (Wildman–Crippen LogP) is 16.1. The number of fused-ring (bicyclic) bond motifs is 12. The molecule has 0 atom stereocenters. The second kappa shape index (κ2) is 18.7. The van der Waals surface area contributed by atoms with Crippen molar-refractivity contribution in [2.24, 2.45) is 0 Å². The molecule has 0 aliphatic heterocycles. The van der Waals surface area contributed by atoms with E-state index in [9.17, 15) is 20.4 Å². The van der Waals surface area contributed by atoms with Crippen LogP contribution in [0.1, 0.15) is 81.3 Å². The molecule has 0 bridgehead atoms. The molecule has 81 heavy (non-hydrogen) atoms. The maximum Gasteiger partial charge on any atom is 0.141 e. The Morgan fingerprint density at radius 2 is 0.457 bits per heavy atom. The maximum atomic E-state index is 12.2. The SMILES string of the molecule is OC1(C2=CC=C(C3=CC=C(C4(O)c5ccccc5-c5ccccc54)CC3)CC2)c2ccccc2-c2ccccc21.OC1(c2ccc(Oc3ccc(C4(O)c5ccccc5-c5ccccc54)cc3)cc2)c2ccccc2-c2ccccc21. The van der Waals surface area contributed by atoms with Gasteiger partial charge in [-0.3, -0.25) is 0 Å². The van der Waals surface area contributed by atoms with E-state index >= 15 is 0 Å². The van der Waals surface area contributed by atoms with Gasteiger partial charge in [0.1, 0.15) is 33.9 Å². The van der Waals surface area contributed by atoms with Gasteiger partial charge in [-0.05, 0) is 128 Å². The smallest absolute Gasteiger partial charge is 0.141 e. The monoisotopic (exact) mass is 1050 g/mol. The average molecular weight is 1050 g/mol. The van der Waals surface area contributed by atoms with E-state index in [4.69, 9.17) is 4.74 Å². The minimum absolute atomic E-state index is 0.667. The zero-order valence-electron chi connectivity index (χ0n) is 44.4. The molecule has 0 aromatic heterocycles. The van der Waals surface area contributed by atoms with E-state index in [1.807, 2.05) is 170 Å². The van der Waals surface area contributed by atoms with Crippen LogP contribution in [0.4, 0.5) is 0 Å². The summed E-state index contributed by atoms with van der Waals surface area (Å²) in [4.78, 5) is 0. The van der Waals surface area contributed by atoms with Gasteiger partial charge in [-0.2, -0.15) is 0 Å². The second-order valence-electron chi connectivity index (χ2n) is 22.1. The first-order valence-electron chi connectivity index (χ1n) is 28.0. The number of allylic oxidation sites excluding steroid dienone is 6. The van der Waals surface area contributed by atoms with Gasteiger partial charge in [-0.1, -0.05) is 243 Å². The molecular weight excluding hydrogens is 993 g/mol. The summed E-state index contributed by atoms with van der Waals surface area (Å²) in [6.07, 6.45) is 12.1. The van der Waals surface area contributed by atoms with Gasteiger partial charge in [0, 0.05) is 44.5 Å². The summed E-state index contributed by atoms with van der Waals surface area (Å²) in [6.45, 7) is 0. The van der Waals surface area contributed by atoms with E-state index < -0.39 is 22.4 Å². The fraction of sp³-hybridized carbons (Fsp3) is 0.105. The highest BCUT2D eigenvalue weighted by atomic mass is 16.5. The number of ether oxygens (including phenoxy) is 1. The summed E-state index contributed by atoms with van der Waals surface area (Å²) < 4.78 is 6.19. The van der Waals surface area contributed by atoms with Crippen LogP contribution in [-0.2, 0) is 22.4 Å². The van der Waals surface area contributed by atoms with Crippen molar-refractivity contribution in [3.63, 3.8) is 0 Å². The zero-order chi connectivity index (χ0) is 54.5. The van der Waals surface area contributed by atoms with E-state index in [1.54, 1.807) is 0 Å². The summed E-state index contributed by atoms with van der Waals surface area (Å²) in [5.41, 5.74) is 17.9. The van der Waals surface area contributed by atoms with Crippen LogP contribution in [0.5, 0.6) is 11.5 Å². The van der Waals surface area contributed by atoms with Gasteiger partial charge in [0.15, 0.2) is 0 Å².